The summed E-state index contributed by atoms with van der Waals surface area (Å²) in [4.78, 5) is 25.2. The molecule has 5 rings (SSSR count). The van der Waals surface area contributed by atoms with Crippen molar-refractivity contribution in [2.24, 2.45) is 17.3 Å². The third-order valence-electron chi connectivity index (χ3n) is 6.21. The molecule has 5 heteroatoms. The first-order chi connectivity index (χ1) is 11.6. The highest BCUT2D eigenvalue weighted by molar-refractivity contribution is 5.96. The topological polar surface area (TPSA) is 65.7 Å². The minimum Gasteiger partial charge on any atom is -0.472 e. The monoisotopic (exact) mass is 326 g/mol. The lowest BCUT2D eigenvalue weighted by Gasteiger charge is -2.43. The van der Waals surface area contributed by atoms with Crippen LogP contribution < -0.4 is 0 Å². The summed E-state index contributed by atoms with van der Waals surface area (Å²) >= 11 is 0. The molecule has 1 aromatic heterocycles. The number of hydrogen-bond acceptors (Lipinski definition) is 5. The maximum absolute atomic E-state index is 13.0. The van der Waals surface area contributed by atoms with Gasteiger partial charge in [0.25, 0.3) is 0 Å². The normalized spacial score (nSPS) is 37.4. The van der Waals surface area contributed by atoms with Gasteiger partial charge in [0.2, 0.25) is 0 Å². The van der Waals surface area contributed by atoms with Crippen molar-refractivity contribution in [3.8, 4) is 0 Å². The van der Waals surface area contributed by atoms with Crippen LogP contribution in [0.25, 0.3) is 0 Å². The van der Waals surface area contributed by atoms with E-state index in [1.54, 1.807) is 12.5 Å². The molecule has 2 aliphatic carbocycles. The van der Waals surface area contributed by atoms with E-state index in [0.29, 0.717) is 12.2 Å². The second kappa shape index (κ2) is 4.62. The molecular weight excluding hydrogens is 308 g/mol. The van der Waals surface area contributed by atoms with E-state index in [-0.39, 0.29) is 29.9 Å². The Morgan fingerprint density at radius 1 is 1.29 bits per heavy atom. The standard InChI is InChI=1S/C19H18O5/c1-10-7-14-16-12(17(20)23-14)3-2-4-13(16)19(10)8-15(24-18(19)21)11-5-6-22-9-11/h5-7,9-10,13,15H,2-4,8H2,1H3/t10-,13+,15+,19+/m1/s1. The molecule has 3 heterocycles. The van der Waals surface area contributed by atoms with Gasteiger partial charge < -0.3 is 13.9 Å². The van der Waals surface area contributed by atoms with Crippen molar-refractivity contribution >= 4 is 11.9 Å². The van der Waals surface area contributed by atoms with Gasteiger partial charge in [0.1, 0.15) is 11.9 Å². The van der Waals surface area contributed by atoms with Crippen LogP contribution in [-0.4, -0.2) is 11.9 Å². The van der Waals surface area contributed by atoms with Crippen LogP contribution >= 0.6 is 0 Å². The largest absolute Gasteiger partial charge is 0.472 e. The average Bonchev–Trinajstić information content (AvgIpc) is 3.26. The highest BCUT2D eigenvalue weighted by Crippen LogP contribution is 2.61. The summed E-state index contributed by atoms with van der Waals surface area (Å²) in [6, 6.07) is 1.85. The van der Waals surface area contributed by atoms with Gasteiger partial charge in [-0.05, 0) is 37.3 Å². The van der Waals surface area contributed by atoms with Gasteiger partial charge in [0.15, 0.2) is 0 Å². The maximum atomic E-state index is 13.0. The minimum absolute atomic E-state index is 0.00658. The fourth-order valence-electron chi connectivity index (χ4n) is 5.02. The van der Waals surface area contributed by atoms with E-state index < -0.39 is 5.41 Å². The molecule has 1 saturated heterocycles. The summed E-state index contributed by atoms with van der Waals surface area (Å²) in [5, 5.41) is 0. The molecule has 4 atom stereocenters. The van der Waals surface area contributed by atoms with Crippen LogP contribution in [0.5, 0.6) is 0 Å². The molecule has 1 aromatic rings. The van der Waals surface area contributed by atoms with Crippen molar-refractivity contribution in [2.45, 2.75) is 38.7 Å². The van der Waals surface area contributed by atoms with Gasteiger partial charge in [0, 0.05) is 29.0 Å². The molecule has 0 N–H and O–H groups in total. The first-order valence-electron chi connectivity index (χ1n) is 8.52. The highest BCUT2D eigenvalue weighted by atomic mass is 16.6. The SMILES string of the molecule is C[C@@H]1C=C2OC(=O)C3=C2[C@H](CCC3)[C@]12C[C@@H](c1ccoc1)OC2=O. The Bertz CT molecular complexity index is 800. The number of allylic oxidation sites excluding steroid dienone is 2. The van der Waals surface area contributed by atoms with Crippen LogP contribution in [0.3, 0.4) is 0 Å². The number of hydrogen-bond donors (Lipinski definition) is 0. The molecule has 0 unspecified atom stereocenters. The zero-order valence-corrected chi connectivity index (χ0v) is 13.4. The molecule has 0 bridgehead atoms. The third-order valence-corrected chi connectivity index (χ3v) is 6.21. The van der Waals surface area contributed by atoms with Gasteiger partial charge in [-0.15, -0.1) is 0 Å². The molecule has 1 spiro atoms. The maximum Gasteiger partial charge on any atom is 0.339 e. The van der Waals surface area contributed by atoms with Crippen molar-refractivity contribution < 1.29 is 23.5 Å². The quantitative estimate of drug-likeness (QED) is 0.740. The molecule has 4 aliphatic rings. The Morgan fingerprint density at radius 2 is 2.17 bits per heavy atom. The van der Waals surface area contributed by atoms with E-state index in [0.717, 1.165) is 36.0 Å². The second-order valence-electron chi connectivity index (χ2n) is 7.24. The van der Waals surface area contributed by atoms with Gasteiger partial charge >= 0.3 is 11.9 Å². The summed E-state index contributed by atoms with van der Waals surface area (Å²) in [5.74, 6) is 0.262. The highest BCUT2D eigenvalue weighted by Gasteiger charge is 2.62. The number of cyclic esters (lactones) is 1. The number of furan rings is 1. The molecule has 0 aromatic carbocycles. The molecule has 0 radical (unpaired) electrons. The van der Waals surface area contributed by atoms with Crippen molar-refractivity contribution in [3.05, 3.63) is 47.1 Å². The van der Waals surface area contributed by atoms with Gasteiger partial charge in [-0.2, -0.15) is 0 Å². The number of fused-ring (bicyclic) bond motifs is 1. The number of carbonyl (C=O) groups is 2. The smallest absolute Gasteiger partial charge is 0.339 e. The van der Waals surface area contributed by atoms with E-state index in [1.807, 2.05) is 19.1 Å². The Morgan fingerprint density at radius 3 is 2.96 bits per heavy atom. The van der Waals surface area contributed by atoms with Gasteiger partial charge in [-0.25, -0.2) is 4.79 Å². The third kappa shape index (κ3) is 1.60. The predicted octanol–water partition coefficient (Wildman–Crippen LogP) is 3.44. The van der Waals surface area contributed by atoms with Crippen molar-refractivity contribution in [1.29, 1.82) is 0 Å². The number of ether oxygens (including phenoxy) is 2. The van der Waals surface area contributed by atoms with Crippen molar-refractivity contribution in [2.75, 3.05) is 0 Å². The Balaban J connectivity index is 1.63. The van der Waals surface area contributed by atoms with E-state index in [4.69, 9.17) is 13.9 Å². The molecule has 1 fully saturated rings. The second-order valence-corrected chi connectivity index (χ2v) is 7.24. The zero-order chi connectivity index (χ0) is 16.5. The first kappa shape index (κ1) is 14.1. The Hall–Kier alpha value is -2.30. The summed E-state index contributed by atoms with van der Waals surface area (Å²) in [5.41, 5.74) is 2.02. The molecule has 0 amide bonds. The van der Waals surface area contributed by atoms with E-state index in [2.05, 4.69) is 0 Å². The molecule has 5 nitrogen and oxygen atoms in total. The lowest BCUT2D eigenvalue weighted by Crippen LogP contribution is -2.44. The van der Waals surface area contributed by atoms with Crippen LogP contribution in [-0.2, 0) is 19.1 Å². The van der Waals surface area contributed by atoms with Gasteiger partial charge in [-0.3, -0.25) is 4.79 Å². The minimum atomic E-state index is -0.611. The zero-order valence-electron chi connectivity index (χ0n) is 13.4. The Labute approximate surface area is 139 Å². The number of carbonyl (C=O) groups excluding carboxylic acids is 2. The molecule has 124 valence electrons. The van der Waals surface area contributed by atoms with E-state index in [1.165, 1.54) is 0 Å². The fraction of sp³-hybridized carbons (Fsp3) is 0.474. The van der Waals surface area contributed by atoms with Crippen molar-refractivity contribution in [3.63, 3.8) is 0 Å². The molecular formula is C19H18O5. The number of rotatable bonds is 1. The molecule has 0 saturated carbocycles. The van der Waals surface area contributed by atoms with Crippen LogP contribution in [0.15, 0.2) is 46.0 Å². The van der Waals surface area contributed by atoms with Crippen LogP contribution in [0.1, 0.15) is 44.3 Å². The number of esters is 2. The molecule has 24 heavy (non-hydrogen) atoms. The fourth-order valence-corrected chi connectivity index (χ4v) is 5.02. The van der Waals surface area contributed by atoms with Crippen LogP contribution in [0.2, 0.25) is 0 Å². The summed E-state index contributed by atoms with van der Waals surface area (Å²) in [7, 11) is 0. The summed E-state index contributed by atoms with van der Waals surface area (Å²) in [6.45, 7) is 2.03. The lowest BCUT2D eigenvalue weighted by molar-refractivity contribution is -0.153. The summed E-state index contributed by atoms with van der Waals surface area (Å²) in [6.07, 6.45) is 8.06. The van der Waals surface area contributed by atoms with Crippen LogP contribution in [0.4, 0.5) is 0 Å². The molecule has 2 aliphatic heterocycles. The van der Waals surface area contributed by atoms with Crippen molar-refractivity contribution in [1.82, 2.24) is 0 Å². The predicted molar refractivity (Wildman–Crippen MR) is 82.3 cm³/mol. The van der Waals surface area contributed by atoms with E-state index in [9.17, 15) is 9.59 Å². The van der Waals surface area contributed by atoms with Crippen LogP contribution in [0, 0.1) is 17.3 Å². The first-order valence-corrected chi connectivity index (χ1v) is 8.52. The average molecular weight is 326 g/mol. The Kier molecular flexibility index (Phi) is 2.71. The van der Waals surface area contributed by atoms with E-state index >= 15 is 0 Å². The summed E-state index contributed by atoms with van der Waals surface area (Å²) < 4.78 is 16.4. The van der Waals surface area contributed by atoms with Gasteiger partial charge in [0.05, 0.1) is 17.9 Å². The lowest BCUT2D eigenvalue weighted by atomic mass is 9.56. The van der Waals surface area contributed by atoms with Gasteiger partial charge in [-0.1, -0.05) is 6.92 Å².